The van der Waals surface area contributed by atoms with Gasteiger partial charge in [-0.2, -0.15) is 0 Å². The van der Waals surface area contributed by atoms with Crippen molar-refractivity contribution in [2.24, 2.45) is 5.73 Å². The Hall–Kier alpha value is -1.79. The first-order valence-corrected chi connectivity index (χ1v) is 6.10. The lowest BCUT2D eigenvalue weighted by Gasteiger charge is -2.00. The summed E-state index contributed by atoms with van der Waals surface area (Å²) in [6.07, 6.45) is 1.99. The molecule has 0 bridgehead atoms. The van der Waals surface area contributed by atoms with Crippen molar-refractivity contribution in [3.8, 4) is 11.8 Å². The standard InChI is InChI=1S/C15H19N2O/c1-13-6-5-8-14(12-13)7-3-2-4-9-15(18)17-11-10-16/h5-6,8,12H,1-2,4,9-11,16H2,(H,17,18). The van der Waals surface area contributed by atoms with Crippen molar-refractivity contribution in [1.82, 2.24) is 5.32 Å². The molecule has 3 heteroatoms. The van der Waals surface area contributed by atoms with E-state index >= 15 is 0 Å². The second kappa shape index (κ2) is 8.32. The largest absolute Gasteiger partial charge is 0.355 e. The molecule has 18 heavy (non-hydrogen) atoms. The van der Waals surface area contributed by atoms with E-state index < -0.39 is 0 Å². The third-order valence-electron chi connectivity index (χ3n) is 2.33. The molecule has 0 spiro atoms. The van der Waals surface area contributed by atoms with Crippen molar-refractivity contribution in [3.05, 3.63) is 42.3 Å². The Morgan fingerprint density at radius 1 is 1.44 bits per heavy atom. The van der Waals surface area contributed by atoms with Crippen molar-refractivity contribution in [2.75, 3.05) is 13.1 Å². The van der Waals surface area contributed by atoms with Crippen LogP contribution in [0.15, 0.2) is 24.3 Å². The summed E-state index contributed by atoms with van der Waals surface area (Å²) in [6.45, 7) is 4.87. The Balaban J connectivity index is 2.24. The molecule has 95 valence electrons. The number of amides is 1. The van der Waals surface area contributed by atoms with E-state index in [2.05, 4.69) is 24.1 Å². The molecule has 1 amide bonds. The zero-order valence-electron chi connectivity index (χ0n) is 10.5. The lowest BCUT2D eigenvalue weighted by Crippen LogP contribution is -2.28. The maximum atomic E-state index is 11.3. The number of rotatable bonds is 5. The van der Waals surface area contributed by atoms with Crippen LogP contribution < -0.4 is 11.1 Å². The van der Waals surface area contributed by atoms with E-state index in [1.165, 1.54) is 0 Å². The minimum absolute atomic E-state index is 0.0435. The summed E-state index contributed by atoms with van der Waals surface area (Å²) in [6, 6.07) is 7.77. The zero-order valence-corrected chi connectivity index (χ0v) is 10.5. The molecule has 1 aromatic rings. The SMILES string of the molecule is [CH2]c1cccc(C#CCCCC(=O)NCCN)c1. The Morgan fingerprint density at radius 2 is 2.28 bits per heavy atom. The molecule has 1 aromatic carbocycles. The number of hydrogen-bond donors (Lipinski definition) is 2. The van der Waals surface area contributed by atoms with Crippen LogP contribution >= 0.6 is 0 Å². The van der Waals surface area contributed by atoms with Crippen molar-refractivity contribution in [3.63, 3.8) is 0 Å². The monoisotopic (exact) mass is 243 g/mol. The van der Waals surface area contributed by atoms with Crippen molar-refractivity contribution >= 4 is 5.91 Å². The lowest BCUT2D eigenvalue weighted by atomic mass is 10.1. The lowest BCUT2D eigenvalue weighted by molar-refractivity contribution is -0.121. The van der Waals surface area contributed by atoms with Gasteiger partial charge in [0.1, 0.15) is 0 Å². The molecule has 0 heterocycles. The number of nitrogens with two attached hydrogens (primary N) is 1. The van der Waals surface area contributed by atoms with Gasteiger partial charge in [0.15, 0.2) is 0 Å². The molecule has 0 aliphatic heterocycles. The topological polar surface area (TPSA) is 55.1 Å². The fourth-order valence-corrected chi connectivity index (χ4v) is 1.45. The van der Waals surface area contributed by atoms with Gasteiger partial charge in [-0.3, -0.25) is 4.79 Å². The molecule has 0 aliphatic rings. The number of hydrogen-bond acceptors (Lipinski definition) is 2. The summed E-state index contributed by atoms with van der Waals surface area (Å²) in [4.78, 5) is 11.3. The Bertz CT molecular complexity index is 443. The van der Waals surface area contributed by atoms with Crippen LogP contribution in [0.2, 0.25) is 0 Å². The van der Waals surface area contributed by atoms with E-state index in [0.717, 1.165) is 24.0 Å². The van der Waals surface area contributed by atoms with E-state index in [-0.39, 0.29) is 5.91 Å². The van der Waals surface area contributed by atoms with Crippen LogP contribution in [0.25, 0.3) is 0 Å². The molecule has 0 atom stereocenters. The molecular formula is C15H19N2O. The quantitative estimate of drug-likeness (QED) is 0.607. The first kappa shape index (κ1) is 14.3. The van der Waals surface area contributed by atoms with Gasteiger partial charge >= 0.3 is 0 Å². The minimum atomic E-state index is 0.0435. The molecule has 0 aliphatic carbocycles. The van der Waals surface area contributed by atoms with E-state index in [1.807, 2.05) is 24.3 Å². The fraction of sp³-hybridized carbons (Fsp3) is 0.333. The van der Waals surface area contributed by atoms with E-state index in [1.54, 1.807) is 0 Å². The van der Waals surface area contributed by atoms with Gasteiger partial charge in [-0.05, 0) is 31.0 Å². The molecule has 1 rings (SSSR count). The highest BCUT2D eigenvalue weighted by Gasteiger charge is 1.97. The maximum absolute atomic E-state index is 11.3. The van der Waals surface area contributed by atoms with Gasteiger partial charge in [0.25, 0.3) is 0 Å². The van der Waals surface area contributed by atoms with Gasteiger partial charge in [0, 0.05) is 31.5 Å². The molecule has 3 nitrogen and oxygen atoms in total. The number of benzene rings is 1. The Morgan fingerprint density at radius 3 is 3.00 bits per heavy atom. The smallest absolute Gasteiger partial charge is 0.220 e. The molecular weight excluding hydrogens is 224 g/mol. The average molecular weight is 243 g/mol. The third kappa shape index (κ3) is 6.07. The first-order chi connectivity index (χ1) is 8.72. The predicted octanol–water partition coefficient (Wildman–Crippen LogP) is 1.47. The fourth-order valence-electron chi connectivity index (χ4n) is 1.45. The molecule has 1 radical (unpaired) electrons. The van der Waals surface area contributed by atoms with E-state index in [9.17, 15) is 4.79 Å². The molecule has 0 unspecified atom stereocenters. The van der Waals surface area contributed by atoms with Gasteiger partial charge in [0.2, 0.25) is 5.91 Å². The van der Waals surface area contributed by atoms with Crippen LogP contribution in [0.4, 0.5) is 0 Å². The summed E-state index contributed by atoms with van der Waals surface area (Å²) in [5.74, 6) is 6.16. The molecule has 0 saturated heterocycles. The summed E-state index contributed by atoms with van der Waals surface area (Å²) >= 11 is 0. The first-order valence-electron chi connectivity index (χ1n) is 6.10. The number of unbranched alkanes of at least 4 members (excludes halogenated alkanes) is 1. The van der Waals surface area contributed by atoms with Crippen LogP contribution in [-0.2, 0) is 4.79 Å². The van der Waals surface area contributed by atoms with Crippen molar-refractivity contribution < 1.29 is 4.79 Å². The van der Waals surface area contributed by atoms with Crippen molar-refractivity contribution in [2.45, 2.75) is 19.3 Å². The predicted molar refractivity (Wildman–Crippen MR) is 73.7 cm³/mol. The third-order valence-corrected chi connectivity index (χ3v) is 2.33. The highest BCUT2D eigenvalue weighted by molar-refractivity contribution is 5.75. The van der Waals surface area contributed by atoms with Gasteiger partial charge in [-0.1, -0.05) is 24.0 Å². The van der Waals surface area contributed by atoms with Crippen LogP contribution in [-0.4, -0.2) is 19.0 Å². The van der Waals surface area contributed by atoms with Crippen molar-refractivity contribution in [1.29, 1.82) is 0 Å². The molecule has 0 aromatic heterocycles. The molecule has 0 fully saturated rings. The van der Waals surface area contributed by atoms with Crippen LogP contribution in [0.5, 0.6) is 0 Å². The maximum Gasteiger partial charge on any atom is 0.220 e. The number of carbonyl (C=O) groups is 1. The van der Waals surface area contributed by atoms with E-state index in [4.69, 9.17) is 5.73 Å². The normalized spacial score (nSPS) is 9.44. The summed E-state index contributed by atoms with van der Waals surface area (Å²) < 4.78 is 0. The summed E-state index contributed by atoms with van der Waals surface area (Å²) in [7, 11) is 0. The average Bonchev–Trinajstić information content (AvgIpc) is 2.36. The summed E-state index contributed by atoms with van der Waals surface area (Å²) in [5.41, 5.74) is 7.22. The summed E-state index contributed by atoms with van der Waals surface area (Å²) in [5, 5.41) is 2.73. The highest BCUT2D eigenvalue weighted by Crippen LogP contribution is 2.02. The van der Waals surface area contributed by atoms with Crippen LogP contribution in [0.1, 0.15) is 30.4 Å². The highest BCUT2D eigenvalue weighted by atomic mass is 16.1. The Labute approximate surface area is 109 Å². The second-order valence-electron chi connectivity index (χ2n) is 3.99. The second-order valence-corrected chi connectivity index (χ2v) is 3.99. The zero-order chi connectivity index (χ0) is 13.2. The minimum Gasteiger partial charge on any atom is -0.355 e. The Kier molecular flexibility index (Phi) is 6.60. The van der Waals surface area contributed by atoms with Gasteiger partial charge in [0.05, 0.1) is 0 Å². The van der Waals surface area contributed by atoms with Gasteiger partial charge < -0.3 is 11.1 Å². The molecule has 0 saturated carbocycles. The van der Waals surface area contributed by atoms with Crippen LogP contribution in [0, 0.1) is 18.8 Å². The van der Waals surface area contributed by atoms with Gasteiger partial charge in [-0.25, -0.2) is 0 Å². The number of nitrogens with one attached hydrogen (secondary N) is 1. The number of carbonyl (C=O) groups excluding carboxylic acids is 1. The van der Waals surface area contributed by atoms with Crippen LogP contribution in [0.3, 0.4) is 0 Å². The van der Waals surface area contributed by atoms with Gasteiger partial charge in [-0.15, -0.1) is 0 Å². The van der Waals surface area contributed by atoms with E-state index in [0.29, 0.717) is 19.5 Å². The molecule has 3 N–H and O–H groups in total.